The van der Waals surface area contributed by atoms with E-state index >= 15 is 0 Å². The number of hydrogen-bond donors (Lipinski definition) is 0. The Bertz CT molecular complexity index is 9.80. The maximum atomic E-state index is 0. The van der Waals surface area contributed by atoms with Crippen molar-refractivity contribution in [1.82, 2.24) is 0 Å². The van der Waals surface area contributed by atoms with Gasteiger partial charge in [-0.2, -0.15) is 0 Å². The fraction of sp³-hybridized carbons (Fsp3) is 0. The van der Waals surface area contributed by atoms with Gasteiger partial charge in [0.05, 0.1) is 0 Å². The van der Waals surface area contributed by atoms with E-state index in [1.165, 1.54) is 0 Å². The molecule has 0 aliphatic rings. The minimum Gasteiger partial charge on any atom is -1.00 e. The molecule has 12 heteroatoms. The Morgan fingerprint density at radius 2 is 0.250 bits per heavy atom. The van der Waals surface area contributed by atoms with Crippen molar-refractivity contribution >= 4 is 0 Å². The average molecular weight is 542 g/mol. The molecule has 0 saturated carbocycles. The van der Waals surface area contributed by atoms with Crippen molar-refractivity contribution in [3.8, 4) is 0 Å². The maximum Gasteiger partial charge on any atom is 6.00 e. The smallest absolute Gasteiger partial charge is 1.00 e. The molecule has 0 N–H and O–H groups in total. The number of halogens is 10. The SMILES string of the molecule is [Cl-].[Cl-].[Cl-].[Cl-].[Cl-].[Cl-].[Cl-].[Cl-].[Cl-].[Cl-].[Mo+6].[Zr+4]. The second kappa shape index (κ2) is 162. The van der Waals surface area contributed by atoms with Crippen LogP contribution in [0.4, 0.5) is 0 Å². The van der Waals surface area contributed by atoms with E-state index in [1.54, 1.807) is 0 Å². The van der Waals surface area contributed by atoms with E-state index in [0.29, 0.717) is 0 Å². The zero-order valence-corrected chi connectivity index (χ0v) is 16.7. The average Bonchev–Trinajstić information content (AvgIpc) is 0. The number of rotatable bonds is 0. The predicted octanol–water partition coefficient (Wildman–Crippen LogP) is -30.0. The normalized spacial score (nSPS) is 0. The van der Waals surface area contributed by atoms with Crippen LogP contribution in [0.3, 0.4) is 0 Å². The molecule has 12 heavy (non-hydrogen) atoms. The third-order valence-corrected chi connectivity index (χ3v) is 0. The first-order valence-electron chi connectivity index (χ1n) is 0. The summed E-state index contributed by atoms with van der Waals surface area (Å²) in [5.74, 6) is 0. The maximum absolute atomic E-state index is 0. The molecule has 0 unspecified atom stereocenters. The van der Waals surface area contributed by atoms with Crippen LogP contribution >= 0.6 is 0 Å². The van der Waals surface area contributed by atoms with E-state index in [4.69, 9.17) is 0 Å². The fourth-order valence-corrected chi connectivity index (χ4v) is 0. The van der Waals surface area contributed by atoms with Gasteiger partial charge in [0.15, 0.2) is 0 Å². The molecule has 0 radical (unpaired) electrons. The van der Waals surface area contributed by atoms with Crippen molar-refractivity contribution in [2.75, 3.05) is 0 Å². The van der Waals surface area contributed by atoms with Crippen molar-refractivity contribution < 1.29 is 171 Å². The van der Waals surface area contributed by atoms with E-state index in [-0.39, 0.29) is 171 Å². The molecule has 80 valence electrons. The van der Waals surface area contributed by atoms with Crippen LogP contribution in [0, 0.1) is 0 Å². The second-order valence-corrected chi connectivity index (χ2v) is 0. The Hall–Kier alpha value is 4.47. The topological polar surface area (TPSA) is 0 Å². The van der Waals surface area contributed by atoms with Gasteiger partial charge in [-0.15, -0.1) is 0 Å². The van der Waals surface area contributed by atoms with E-state index in [1.807, 2.05) is 0 Å². The number of hydrogen-bond acceptors (Lipinski definition) is 0. The molecule has 0 aromatic rings. The van der Waals surface area contributed by atoms with Crippen LogP contribution in [0.2, 0.25) is 0 Å². The Balaban J connectivity index is 0. The summed E-state index contributed by atoms with van der Waals surface area (Å²) in [6, 6.07) is 0. The molecule has 0 spiro atoms. The summed E-state index contributed by atoms with van der Waals surface area (Å²) in [5.41, 5.74) is 0. The van der Waals surface area contributed by atoms with Crippen LogP contribution in [-0.4, -0.2) is 0 Å². The Morgan fingerprint density at radius 3 is 0.250 bits per heavy atom. The standard InChI is InChI=1S/10ClH.Mo.Zr/h10*1H;;/q;;;;;;;;;;+6;+4/p-10. The van der Waals surface area contributed by atoms with Crippen LogP contribution < -0.4 is 124 Å². The monoisotopic (exact) mass is 537 g/mol. The molecule has 0 saturated heterocycles. The van der Waals surface area contributed by atoms with Crippen molar-refractivity contribution in [2.24, 2.45) is 0 Å². The molecule has 0 bridgehead atoms. The van der Waals surface area contributed by atoms with Gasteiger partial charge in [0, 0.05) is 0 Å². The summed E-state index contributed by atoms with van der Waals surface area (Å²) in [6.45, 7) is 0. The molecule has 0 aliphatic carbocycles. The summed E-state index contributed by atoms with van der Waals surface area (Å²) in [4.78, 5) is 0. The molecule has 0 amide bonds. The van der Waals surface area contributed by atoms with Crippen LogP contribution in [0.25, 0.3) is 0 Å². The van der Waals surface area contributed by atoms with Gasteiger partial charge in [0.25, 0.3) is 0 Å². The minimum absolute atomic E-state index is 0. The first-order chi connectivity index (χ1) is 0. The zero-order chi connectivity index (χ0) is 0. The molecule has 0 rings (SSSR count). The van der Waals surface area contributed by atoms with Gasteiger partial charge >= 0.3 is 47.3 Å². The summed E-state index contributed by atoms with van der Waals surface area (Å²) in [5, 5.41) is 0. The van der Waals surface area contributed by atoms with Crippen molar-refractivity contribution in [3.05, 3.63) is 0 Å². The third-order valence-electron chi connectivity index (χ3n) is 0. The van der Waals surface area contributed by atoms with Gasteiger partial charge in [-0.25, -0.2) is 0 Å². The van der Waals surface area contributed by atoms with Gasteiger partial charge in [-0.1, -0.05) is 0 Å². The summed E-state index contributed by atoms with van der Waals surface area (Å²) in [7, 11) is 0. The quantitative estimate of drug-likeness (QED) is 0.268. The van der Waals surface area contributed by atoms with Gasteiger partial charge < -0.3 is 124 Å². The van der Waals surface area contributed by atoms with Gasteiger partial charge in [-0.05, 0) is 0 Å². The van der Waals surface area contributed by atoms with Crippen LogP contribution in [-0.2, 0) is 47.3 Å². The first-order valence-corrected chi connectivity index (χ1v) is 0. The summed E-state index contributed by atoms with van der Waals surface area (Å²) in [6.07, 6.45) is 0. The molecule has 0 nitrogen and oxygen atoms in total. The largest absolute Gasteiger partial charge is 6.00 e. The van der Waals surface area contributed by atoms with E-state index < -0.39 is 0 Å². The van der Waals surface area contributed by atoms with E-state index in [0.717, 1.165) is 0 Å². The third kappa shape index (κ3) is 131. The molecule has 0 heterocycles. The van der Waals surface area contributed by atoms with E-state index in [9.17, 15) is 0 Å². The zero-order valence-electron chi connectivity index (χ0n) is 4.69. The van der Waals surface area contributed by atoms with E-state index in [2.05, 4.69) is 0 Å². The molecular weight excluding hydrogens is 542 g/mol. The van der Waals surface area contributed by atoms with Crippen molar-refractivity contribution in [3.63, 3.8) is 0 Å². The van der Waals surface area contributed by atoms with Gasteiger partial charge in [0.1, 0.15) is 0 Å². The molecule has 0 fully saturated rings. The van der Waals surface area contributed by atoms with Crippen LogP contribution in [0.1, 0.15) is 0 Å². The van der Waals surface area contributed by atoms with Crippen molar-refractivity contribution in [2.45, 2.75) is 0 Å². The predicted molar refractivity (Wildman–Crippen MR) is 0 cm³/mol. The Kier molecular flexibility index (Phi) is 2660. The molecular formula is Cl10MoZr. The summed E-state index contributed by atoms with van der Waals surface area (Å²) < 4.78 is 0. The Morgan fingerprint density at radius 1 is 0.250 bits per heavy atom. The minimum atomic E-state index is 0. The van der Waals surface area contributed by atoms with Gasteiger partial charge in [0.2, 0.25) is 0 Å². The van der Waals surface area contributed by atoms with Gasteiger partial charge in [-0.3, -0.25) is 0 Å². The first kappa shape index (κ1) is 197. The molecule has 0 aliphatic heterocycles. The van der Waals surface area contributed by atoms with Crippen LogP contribution in [0.5, 0.6) is 0 Å². The molecule has 0 aromatic heterocycles. The second-order valence-electron chi connectivity index (χ2n) is 0. The van der Waals surface area contributed by atoms with Crippen LogP contribution in [0.15, 0.2) is 0 Å². The molecule has 0 aromatic carbocycles. The molecule has 0 atom stereocenters. The Labute approximate surface area is 169 Å². The van der Waals surface area contributed by atoms with Crippen molar-refractivity contribution in [1.29, 1.82) is 0 Å². The fourth-order valence-electron chi connectivity index (χ4n) is 0. The summed E-state index contributed by atoms with van der Waals surface area (Å²) >= 11 is 0.